The van der Waals surface area contributed by atoms with Crippen LogP contribution in [0.15, 0.2) is 35.0 Å². The van der Waals surface area contributed by atoms with Crippen LogP contribution in [-0.4, -0.2) is 15.9 Å². The van der Waals surface area contributed by atoms with E-state index in [0.717, 1.165) is 22.7 Å². The molecule has 1 aromatic carbocycles. The fourth-order valence-corrected chi connectivity index (χ4v) is 3.73. The number of anilines is 1. The predicted octanol–water partition coefficient (Wildman–Crippen LogP) is 4.74. The van der Waals surface area contributed by atoms with E-state index in [2.05, 4.69) is 46.5 Å². The van der Waals surface area contributed by atoms with Gasteiger partial charge in [0.2, 0.25) is 0 Å². The SMILES string of the molecule is CCCCc1ccc(-c2csc(NC(=O)c3csc(CN)n3)n2)cc1.Cl. The molecule has 0 aliphatic heterocycles. The van der Waals surface area contributed by atoms with Gasteiger partial charge >= 0.3 is 0 Å². The number of benzene rings is 1. The zero-order chi connectivity index (χ0) is 17.6. The lowest BCUT2D eigenvalue weighted by Gasteiger charge is -2.02. The number of aromatic nitrogens is 2. The summed E-state index contributed by atoms with van der Waals surface area (Å²) in [5.41, 5.74) is 9.16. The van der Waals surface area contributed by atoms with Crippen molar-refractivity contribution in [2.75, 3.05) is 5.32 Å². The van der Waals surface area contributed by atoms with E-state index in [1.54, 1.807) is 5.38 Å². The third-order valence-corrected chi connectivity index (χ3v) is 5.38. The van der Waals surface area contributed by atoms with Crippen LogP contribution in [0, 0.1) is 0 Å². The standard InChI is InChI=1S/C18H20N4OS2.ClH/c1-2-3-4-12-5-7-13(8-6-12)14-10-25-18(21-14)22-17(23)15-11-24-16(9-19)20-15;/h5-8,10-11H,2-4,9,19H2,1H3,(H,21,22,23);1H. The summed E-state index contributed by atoms with van der Waals surface area (Å²) in [5, 5.41) is 7.76. The highest BCUT2D eigenvalue weighted by molar-refractivity contribution is 7.14. The first-order valence-corrected chi connectivity index (χ1v) is 9.96. The molecule has 3 N–H and O–H groups in total. The molecule has 3 aromatic rings. The number of aryl methyl sites for hydroxylation is 1. The molecule has 26 heavy (non-hydrogen) atoms. The largest absolute Gasteiger partial charge is 0.325 e. The molecular weight excluding hydrogens is 388 g/mol. The van der Waals surface area contributed by atoms with E-state index in [-0.39, 0.29) is 18.3 Å². The zero-order valence-corrected chi connectivity index (χ0v) is 16.8. The number of nitrogens with two attached hydrogens (primary N) is 1. The number of halogens is 1. The first kappa shape index (κ1) is 20.5. The predicted molar refractivity (Wildman–Crippen MR) is 111 cm³/mol. The second kappa shape index (κ2) is 9.78. The molecule has 5 nitrogen and oxygen atoms in total. The molecule has 0 atom stereocenters. The minimum Gasteiger partial charge on any atom is -0.325 e. The van der Waals surface area contributed by atoms with Crippen molar-refractivity contribution in [2.45, 2.75) is 32.7 Å². The summed E-state index contributed by atoms with van der Waals surface area (Å²) in [6.07, 6.45) is 3.50. The van der Waals surface area contributed by atoms with Gasteiger partial charge in [-0.1, -0.05) is 37.6 Å². The van der Waals surface area contributed by atoms with Gasteiger partial charge in [-0.3, -0.25) is 10.1 Å². The Hall–Kier alpha value is -1.80. The lowest BCUT2D eigenvalue weighted by molar-refractivity contribution is 0.102. The number of thiazole rings is 2. The Kier molecular flexibility index (Phi) is 7.71. The van der Waals surface area contributed by atoms with Crippen LogP contribution in [0.25, 0.3) is 11.3 Å². The molecule has 0 saturated carbocycles. The topological polar surface area (TPSA) is 80.9 Å². The van der Waals surface area contributed by atoms with Crippen molar-refractivity contribution >= 4 is 46.1 Å². The highest BCUT2D eigenvalue weighted by Gasteiger charge is 2.13. The molecule has 138 valence electrons. The average Bonchev–Trinajstić information content (AvgIpc) is 3.30. The van der Waals surface area contributed by atoms with E-state index in [1.807, 2.05) is 5.38 Å². The van der Waals surface area contributed by atoms with E-state index in [4.69, 9.17) is 5.73 Å². The molecule has 0 unspecified atom stereocenters. The van der Waals surface area contributed by atoms with Gasteiger partial charge in [-0.15, -0.1) is 35.1 Å². The normalized spacial score (nSPS) is 10.4. The Labute approximate surface area is 167 Å². The van der Waals surface area contributed by atoms with Gasteiger partial charge in [0.25, 0.3) is 5.91 Å². The lowest BCUT2D eigenvalue weighted by Crippen LogP contribution is -2.12. The molecule has 0 spiro atoms. The quantitative estimate of drug-likeness (QED) is 0.591. The van der Waals surface area contributed by atoms with Gasteiger partial charge in [-0.05, 0) is 18.4 Å². The van der Waals surface area contributed by atoms with E-state index < -0.39 is 0 Å². The molecule has 0 bridgehead atoms. The van der Waals surface area contributed by atoms with Gasteiger partial charge in [0.15, 0.2) is 5.13 Å². The summed E-state index contributed by atoms with van der Waals surface area (Å²) < 4.78 is 0. The van der Waals surface area contributed by atoms with E-state index >= 15 is 0 Å². The van der Waals surface area contributed by atoms with Crippen LogP contribution >= 0.6 is 35.1 Å². The van der Waals surface area contributed by atoms with Crippen LogP contribution in [0.3, 0.4) is 0 Å². The van der Waals surface area contributed by atoms with Crippen molar-refractivity contribution in [3.8, 4) is 11.3 Å². The number of amides is 1. The van der Waals surface area contributed by atoms with Gasteiger partial charge < -0.3 is 5.73 Å². The Morgan fingerprint density at radius 1 is 1.15 bits per heavy atom. The van der Waals surface area contributed by atoms with Crippen molar-refractivity contribution in [3.63, 3.8) is 0 Å². The molecule has 0 fully saturated rings. The van der Waals surface area contributed by atoms with Crippen LogP contribution in [0.1, 0.15) is 40.8 Å². The number of unbranched alkanes of at least 4 members (excludes halogenated alkanes) is 1. The third-order valence-electron chi connectivity index (χ3n) is 3.75. The monoisotopic (exact) mass is 408 g/mol. The Morgan fingerprint density at radius 2 is 1.92 bits per heavy atom. The van der Waals surface area contributed by atoms with Crippen molar-refractivity contribution in [2.24, 2.45) is 5.73 Å². The number of nitrogens with one attached hydrogen (secondary N) is 1. The molecule has 0 aliphatic carbocycles. The maximum atomic E-state index is 12.2. The van der Waals surface area contributed by atoms with Crippen LogP contribution in [0.5, 0.6) is 0 Å². The molecule has 2 heterocycles. The fourth-order valence-electron chi connectivity index (χ4n) is 2.36. The van der Waals surface area contributed by atoms with Crippen molar-refractivity contribution in [3.05, 3.63) is 51.3 Å². The Balaban J connectivity index is 0.00000243. The summed E-state index contributed by atoms with van der Waals surface area (Å²) in [7, 11) is 0. The molecule has 2 aromatic heterocycles. The molecule has 8 heteroatoms. The molecule has 0 aliphatic rings. The number of hydrogen-bond acceptors (Lipinski definition) is 6. The van der Waals surface area contributed by atoms with E-state index in [1.165, 1.54) is 41.1 Å². The number of hydrogen-bond donors (Lipinski definition) is 2. The second-order valence-corrected chi connectivity index (χ2v) is 7.42. The molecular formula is C18H21ClN4OS2. The Morgan fingerprint density at radius 3 is 2.58 bits per heavy atom. The summed E-state index contributed by atoms with van der Waals surface area (Å²) in [4.78, 5) is 20.9. The number of carbonyl (C=O) groups is 1. The Bertz CT molecular complexity index is 845. The number of rotatable bonds is 7. The van der Waals surface area contributed by atoms with Gasteiger partial charge in [0.1, 0.15) is 10.7 Å². The molecule has 1 amide bonds. The molecule has 0 radical (unpaired) electrons. The first-order chi connectivity index (χ1) is 12.2. The van der Waals surface area contributed by atoms with Gasteiger partial charge in [0, 0.05) is 22.9 Å². The summed E-state index contributed by atoms with van der Waals surface area (Å²) in [6.45, 7) is 2.54. The van der Waals surface area contributed by atoms with E-state index in [9.17, 15) is 4.79 Å². The maximum absolute atomic E-state index is 12.2. The summed E-state index contributed by atoms with van der Waals surface area (Å²) in [6, 6.07) is 8.46. The second-order valence-electron chi connectivity index (χ2n) is 5.62. The zero-order valence-electron chi connectivity index (χ0n) is 14.4. The van der Waals surface area contributed by atoms with Crippen LogP contribution in [0.2, 0.25) is 0 Å². The van der Waals surface area contributed by atoms with Gasteiger partial charge in [0.05, 0.1) is 5.69 Å². The van der Waals surface area contributed by atoms with Crippen molar-refractivity contribution < 1.29 is 4.79 Å². The first-order valence-electron chi connectivity index (χ1n) is 8.20. The lowest BCUT2D eigenvalue weighted by atomic mass is 10.1. The number of carbonyl (C=O) groups excluding carboxylic acids is 1. The van der Waals surface area contributed by atoms with E-state index in [0.29, 0.717) is 17.4 Å². The molecule has 3 rings (SSSR count). The molecule has 0 saturated heterocycles. The third kappa shape index (κ3) is 5.11. The minimum absolute atomic E-state index is 0. The van der Waals surface area contributed by atoms with Gasteiger partial charge in [-0.2, -0.15) is 0 Å². The van der Waals surface area contributed by atoms with Crippen molar-refractivity contribution in [1.29, 1.82) is 0 Å². The van der Waals surface area contributed by atoms with Gasteiger partial charge in [-0.25, -0.2) is 9.97 Å². The summed E-state index contributed by atoms with van der Waals surface area (Å²) in [5.74, 6) is -0.258. The average molecular weight is 409 g/mol. The summed E-state index contributed by atoms with van der Waals surface area (Å²) >= 11 is 2.79. The fraction of sp³-hybridized carbons (Fsp3) is 0.278. The van der Waals surface area contributed by atoms with Crippen LogP contribution in [0.4, 0.5) is 5.13 Å². The van der Waals surface area contributed by atoms with Crippen LogP contribution < -0.4 is 11.1 Å². The highest BCUT2D eigenvalue weighted by atomic mass is 35.5. The van der Waals surface area contributed by atoms with Crippen LogP contribution in [-0.2, 0) is 13.0 Å². The maximum Gasteiger partial charge on any atom is 0.276 e. The minimum atomic E-state index is -0.258. The highest BCUT2D eigenvalue weighted by Crippen LogP contribution is 2.26. The smallest absolute Gasteiger partial charge is 0.276 e. The van der Waals surface area contributed by atoms with Crippen molar-refractivity contribution in [1.82, 2.24) is 9.97 Å². The number of nitrogens with zero attached hydrogens (tertiary/aromatic N) is 2.